The van der Waals surface area contributed by atoms with Gasteiger partial charge in [-0.05, 0) is 80.7 Å². The second-order valence-electron chi connectivity index (χ2n) is 9.32. The number of aromatic nitrogens is 2. The Morgan fingerprint density at radius 1 is 1.15 bits per heavy atom. The second kappa shape index (κ2) is 10.9. The van der Waals surface area contributed by atoms with Crippen LogP contribution in [-0.4, -0.2) is 38.4 Å². The lowest BCUT2D eigenvalue weighted by Gasteiger charge is -2.39. The van der Waals surface area contributed by atoms with E-state index < -0.39 is 0 Å². The fraction of sp³-hybridized carbons (Fsp3) is 0.583. The number of carbonyl (C=O) groups is 2. The predicted octanol–water partition coefficient (Wildman–Crippen LogP) is 4.93. The Labute approximate surface area is 204 Å². The zero-order valence-electron chi connectivity index (χ0n) is 19.1. The van der Waals surface area contributed by atoms with Gasteiger partial charge in [0, 0.05) is 35.3 Å². The van der Waals surface area contributed by atoms with Crippen molar-refractivity contribution in [1.82, 2.24) is 14.5 Å². The highest BCUT2D eigenvalue weighted by Crippen LogP contribution is 2.32. The van der Waals surface area contributed by atoms with E-state index >= 15 is 0 Å². The zero-order chi connectivity index (χ0) is 23.4. The normalized spacial score (nSPS) is 21.5. The summed E-state index contributed by atoms with van der Waals surface area (Å²) < 4.78 is 3.83. The van der Waals surface area contributed by atoms with E-state index in [0.717, 1.165) is 68.5 Å². The molecule has 1 aromatic heterocycles. The number of amides is 2. The molecule has 0 unspecified atom stereocenters. The van der Waals surface area contributed by atoms with Crippen molar-refractivity contribution in [2.75, 3.05) is 5.32 Å². The van der Waals surface area contributed by atoms with Gasteiger partial charge in [-0.25, -0.2) is 0 Å². The zero-order valence-corrected chi connectivity index (χ0v) is 20.6. The van der Waals surface area contributed by atoms with E-state index in [1.165, 1.54) is 6.42 Å². The van der Waals surface area contributed by atoms with Crippen LogP contribution in [0.2, 0.25) is 5.02 Å². The minimum absolute atomic E-state index is 0.0952. The third kappa shape index (κ3) is 5.91. The number of anilines is 1. The third-order valence-corrected chi connectivity index (χ3v) is 8.12. The number of nitrogens with one attached hydrogen (secondary N) is 1. The lowest BCUT2D eigenvalue weighted by Crippen LogP contribution is -2.46. The first kappa shape index (κ1) is 24.1. The maximum Gasteiger partial charge on any atom is 0.269 e. The van der Waals surface area contributed by atoms with Crippen LogP contribution in [0.15, 0.2) is 18.2 Å². The van der Waals surface area contributed by atoms with Gasteiger partial charge in [0.1, 0.15) is 4.88 Å². The summed E-state index contributed by atoms with van der Waals surface area (Å²) in [5, 5.41) is 7.42. The van der Waals surface area contributed by atoms with Crippen LogP contribution in [0.25, 0.3) is 0 Å². The second-order valence-corrected chi connectivity index (χ2v) is 10.5. The Kier molecular flexibility index (Phi) is 7.98. The summed E-state index contributed by atoms with van der Waals surface area (Å²) in [4.78, 5) is 28.8. The fourth-order valence-corrected chi connectivity index (χ4v) is 5.70. The van der Waals surface area contributed by atoms with Crippen LogP contribution in [0.4, 0.5) is 5.69 Å². The number of nitrogens with two attached hydrogens (primary N) is 1. The lowest BCUT2D eigenvalue weighted by molar-refractivity contribution is -0.140. The average Bonchev–Trinajstić information content (AvgIpc) is 3.26. The van der Waals surface area contributed by atoms with E-state index in [1.807, 2.05) is 11.0 Å². The molecule has 0 bridgehead atoms. The molecular formula is C24H32ClN5O2S. The molecule has 2 amide bonds. The summed E-state index contributed by atoms with van der Waals surface area (Å²) in [5.41, 5.74) is 8.22. The van der Waals surface area contributed by atoms with Crippen LogP contribution in [0.5, 0.6) is 0 Å². The topological polar surface area (TPSA) is 101 Å². The van der Waals surface area contributed by atoms with E-state index in [9.17, 15) is 9.59 Å². The summed E-state index contributed by atoms with van der Waals surface area (Å²) in [6, 6.07) is 5.84. The summed E-state index contributed by atoms with van der Waals surface area (Å²) in [7, 11) is 0. The van der Waals surface area contributed by atoms with Gasteiger partial charge in [0.25, 0.3) is 5.91 Å². The largest absolute Gasteiger partial charge is 0.335 e. The number of halogens is 1. The standard InChI is InChI=1S/C24H32ClN5O2S/c1-15-22(33-29-28-15)23(31)27-19-9-12-21(25)17(13-19)14-30(20-10-7-18(26)8-11-20)24(32)16-5-3-2-4-6-16/h9,12-13,16,18,20H,2-8,10-11,14,26H2,1H3,(H,27,31). The molecule has 7 nitrogen and oxygen atoms in total. The highest BCUT2D eigenvalue weighted by Gasteiger charge is 2.33. The Hall–Kier alpha value is -2.03. The molecule has 4 rings (SSSR count). The number of benzene rings is 1. The third-order valence-electron chi connectivity index (χ3n) is 6.92. The van der Waals surface area contributed by atoms with Crippen LogP contribution in [-0.2, 0) is 11.3 Å². The number of aryl methyl sites for hydroxylation is 1. The van der Waals surface area contributed by atoms with Crippen LogP contribution in [0, 0.1) is 12.8 Å². The molecule has 178 valence electrons. The smallest absolute Gasteiger partial charge is 0.269 e. The molecule has 0 saturated heterocycles. The Balaban J connectivity index is 1.54. The SMILES string of the molecule is Cc1nnsc1C(=O)Nc1ccc(Cl)c(CN(C(=O)C2CCCCC2)C2CCC(N)CC2)c1. The molecule has 33 heavy (non-hydrogen) atoms. The fourth-order valence-electron chi connectivity index (χ4n) is 4.97. The van der Waals surface area contributed by atoms with Crippen molar-refractivity contribution in [3.63, 3.8) is 0 Å². The monoisotopic (exact) mass is 489 g/mol. The average molecular weight is 490 g/mol. The number of carbonyl (C=O) groups excluding carboxylic acids is 2. The van der Waals surface area contributed by atoms with Crippen LogP contribution < -0.4 is 11.1 Å². The molecule has 1 heterocycles. The molecule has 2 fully saturated rings. The van der Waals surface area contributed by atoms with E-state index in [2.05, 4.69) is 14.9 Å². The highest BCUT2D eigenvalue weighted by atomic mass is 35.5. The van der Waals surface area contributed by atoms with Crippen molar-refractivity contribution >= 4 is 40.6 Å². The van der Waals surface area contributed by atoms with Crippen molar-refractivity contribution in [3.05, 3.63) is 39.4 Å². The molecule has 0 radical (unpaired) electrons. The molecule has 2 aromatic rings. The van der Waals surface area contributed by atoms with Crippen molar-refractivity contribution < 1.29 is 9.59 Å². The minimum Gasteiger partial charge on any atom is -0.335 e. The van der Waals surface area contributed by atoms with Gasteiger partial charge in [-0.2, -0.15) is 0 Å². The number of rotatable bonds is 6. The molecule has 3 N–H and O–H groups in total. The molecule has 2 aliphatic carbocycles. The number of nitrogens with zero attached hydrogens (tertiary/aromatic N) is 3. The molecular weight excluding hydrogens is 458 g/mol. The highest BCUT2D eigenvalue weighted by molar-refractivity contribution is 7.08. The molecule has 0 spiro atoms. The van der Waals surface area contributed by atoms with E-state index in [-0.39, 0.29) is 29.8 Å². The molecule has 0 aliphatic heterocycles. The first-order chi connectivity index (χ1) is 15.9. The van der Waals surface area contributed by atoms with Gasteiger partial charge in [0.15, 0.2) is 0 Å². The van der Waals surface area contributed by atoms with Gasteiger partial charge < -0.3 is 16.0 Å². The van der Waals surface area contributed by atoms with E-state index in [4.69, 9.17) is 17.3 Å². The summed E-state index contributed by atoms with van der Waals surface area (Å²) in [6.45, 7) is 2.20. The molecule has 2 aliphatic rings. The molecule has 1 aromatic carbocycles. The molecule has 9 heteroatoms. The Bertz CT molecular complexity index is 983. The van der Waals surface area contributed by atoms with E-state index in [0.29, 0.717) is 27.8 Å². The van der Waals surface area contributed by atoms with Gasteiger partial charge in [-0.15, -0.1) is 5.10 Å². The number of hydrogen-bond acceptors (Lipinski definition) is 6. The van der Waals surface area contributed by atoms with Crippen molar-refractivity contribution in [3.8, 4) is 0 Å². The van der Waals surface area contributed by atoms with Crippen molar-refractivity contribution in [1.29, 1.82) is 0 Å². The van der Waals surface area contributed by atoms with Gasteiger partial charge >= 0.3 is 0 Å². The summed E-state index contributed by atoms with van der Waals surface area (Å²) in [6.07, 6.45) is 9.10. The van der Waals surface area contributed by atoms with Crippen LogP contribution in [0.1, 0.15) is 78.7 Å². The first-order valence-corrected chi connectivity index (χ1v) is 13.0. The van der Waals surface area contributed by atoms with Gasteiger partial charge in [0.05, 0.1) is 5.69 Å². The molecule has 2 saturated carbocycles. The van der Waals surface area contributed by atoms with Crippen LogP contribution >= 0.6 is 23.1 Å². The molecule has 0 atom stereocenters. The van der Waals surface area contributed by atoms with Gasteiger partial charge in [0.2, 0.25) is 5.91 Å². The van der Waals surface area contributed by atoms with Crippen molar-refractivity contribution in [2.24, 2.45) is 11.7 Å². The maximum atomic E-state index is 13.6. The Morgan fingerprint density at radius 2 is 1.88 bits per heavy atom. The van der Waals surface area contributed by atoms with Gasteiger partial charge in [-0.1, -0.05) is 35.4 Å². The quantitative estimate of drug-likeness (QED) is 0.599. The maximum absolute atomic E-state index is 13.6. The number of hydrogen-bond donors (Lipinski definition) is 2. The lowest BCUT2D eigenvalue weighted by atomic mass is 9.85. The first-order valence-electron chi connectivity index (χ1n) is 11.9. The summed E-state index contributed by atoms with van der Waals surface area (Å²) >= 11 is 7.64. The Morgan fingerprint density at radius 3 is 2.55 bits per heavy atom. The minimum atomic E-state index is -0.243. The summed E-state index contributed by atoms with van der Waals surface area (Å²) in [5.74, 6) is 0.0945. The van der Waals surface area contributed by atoms with Gasteiger partial charge in [-0.3, -0.25) is 9.59 Å². The van der Waals surface area contributed by atoms with Crippen LogP contribution in [0.3, 0.4) is 0 Å². The van der Waals surface area contributed by atoms with E-state index in [1.54, 1.807) is 19.1 Å². The predicted molar refractivity (Wildman–Crippen MR) is 131 cm³/mol. The van der Waals surface area contributed by atoms with Crippen molar-refractivity contribution in [2.45, 2.75) is 83.3 Å².